The lowest BCUT2D eigenvalue weighted by molar-refractivity contribution is -0.137. The molecular weight excluding hydrogens is 470 g/mol. The fraction of sp³-hybridized carbons (Fsp3) is 0.167. The van der Waals surface area contributed by atoms with Crippen molar-refractivity contribution in [1.29, 1.82) is 0 Å². The van der Waals surface area contributed by atoms with Crippen LogP contribution in [-0.2, 0) is 14.4 Å². The molecule has 190 valence electrons. The summed E-state index contributed by atoms with van der Waals surface area (Å²) >= 11 is 0. The average molecular weight is 500 g/mol. The monoisotopic (exact) mass is 499 g/mol. The Balaban J connectivity index is 2.10. The van der Waals surface area contributed by atoms with Crippen LogP contribution in [-0.4, -0.2) is 17.9 Å². The molecule has 3 aromatic rings. The van der Waals surface area contributed by atoms with E-state index in [1.165, 1.54) is 0 Å². The topological polar surface area (TPSA) is 82.1 Å². The fourth-order valence-electron chi connectivity index (χ4n) is 3.13. The third kappa shape index (κ3) is 7.18. The Morgan fingerprint density at radius 3 is 1.32 bits per heavy atom. The molecule has 0 aliphatic carbocycles. The molecule has 0 saturated carbocycles. The Kier molecular flexibility index (Phi) is 8.64. The minimum atomic E-state index is -0.542. The average Bonchev–Trinajstić information content (AvgIpc) is 2.84. The molecule has 0 unspecified atom stereocenters. The van der Waals surface area contributed by atoms with Crippen molar-refractivity contribution in [2.75, 3.05) is 4.90 Å². The number of anilines is 3. The minimum Gasteiger partial charge on any atom is -0.426 e. The zero-order valence-corrected chi connectivity index (χ0v) is 21.3. The third-order valence-electron chi connectivity index (χ3n) is 5.04. The predicted octanol–water partition coefficient (Wildman–Crippen LogP) is 6.68. The first kappa shape index (κ1) is 26.9. The summed E-state index contributed by atoms with van der Waals surface area (Å²) in [6.07, 6.45) is 0. The summed E-state index contributed by atoms with van der Waals surface area (Å²) < 4.78 is 16.4. The fourth-order valence-corrected chi connectivity index (χ4v) is 3.13. The van der Waals surface area contributed by atoms with E-state index in [1.54, 1.807) is 82.3 Å². The highest BCUT2D eigenvalue weighted by atomic mass is 16.5. The zero-order chi connectivity index (χ0) is 27.1. The van der Waals surface area contributed by atoms with E-state index in [2.05, 4.69) is 13.2 Å². The molecule has 3 rings (SSSR count). The maximum Gasteiger partial charge on any atom is 0.338 e. The highest BCUT2D eigenvalue weighted by Gasteiger charge is 2.18. The molecule has 0 fully saturated rings. The van der Waals surface area contributed by atoms with E-state index in [9.17, 15) is 14.4 Å². The molecule has 0 aliphatic heterocycles. The van der Waals surface area contributed by atoms with Gasteiger partial charge in [-0.05, 0) is 50.2 Å². The second-order valence-electron chi connectivity index (χ2n) is 8.74. The van der Waals surface area contributed by atoms with E-state index in [0.29, 0.717) is 34.3 Å². The summed E-state index contributed by atoms with van der Waals surface area (Å²) in [5.74, 6) is -0.716. The van der Waals surface area contributed by atoms with Crippen LogP contribution in [0.5, 0.6) is 17.2 Å². The van der Waals surface area contributed by atoms with E-state index < -0.39 is 11.9 Å². The number of carbonyl (C=O) groups excluding carboxylic acids is 3. The molecule has 7 nitrogen and oxygen atoms in total. The first-order chi connectivity index (χ1) is 17.5. The number of hydrogen-bond acceptors (Lipinski definition) is 7. The van der Waals surface area contributed by atoms with Crippen molar-refractivity contribution >= 4 is 35.0 Å². The van der Waals surface area contributed by atoms with Gasteiger partial charge in [-0.3, -0.25) is 4.79 Å². The van der Waals surface area contributed by atoms with Crippen LogP contribution >= 0.6 is 0 Å². The quantitative estimate of drug-likeness (QED) is 0.184. The summed E-state index contributed by atoms with van der Waals surface area (Å²) in [4.78, 5) is 38.2. The second-order valence-corrected chi connectivity index (χ2v) is 8.74. The van der Waals surface area contributed by atoms with Crippen molar-refractivity contribution in [1.82, 2.24) is 0 Å². The van der Waals surface area contributed by atoms with E-state index >= 15 is 0 Å². The SMILES string of the molecule is C=C(C)C(=O)Oc1cccc(N(c2cccc(OC(=O)C(=C)C)c2)c2cccc(OC(=O)C(C)C)c2)c1. The Morgan fingerprint density at radius 2 is 1.00 bits per heavy atom. The summed E-state index contributed by atoms with van der Waals surface area (Å²) in [6.45, 7) is 13.9. The van der Waals surface area contributed by atoms with Gasteiger partial charge in [0.05, 0.1) is 5.92 Å². The largest absolute Gasteiger partial charge is 0.426 e. The van der Waals surface area contributed by atoms with Crippen LogP contribution in [0.4, 0.5) is 17.1 Å². The third-order valence-corrected chi connectivity index (χ3v) is 5.04. The van der Waals surface area contributed by atoms with Gasteiger partial charge in [-0.1, -0.05) is 45.2 Å². The van der Waals surface area contributed by atoms with Gasteiger partial charge in [0.15, 0.2) is 0 Å². The molecule has 0 bridgehead atoms. The smallest absolute Gasteiger partial charge is 0.338 e. The Bertz CT molecular complexity index is 1290. The van der Waals surface area contributed by atoms with E-state index in [-0.39, 0.29) is 23.0 Å². The van der Waals surface area contributed by atoms with Crippen molar-refractivity contribution in [3.63, 3.8) is 0 Å². The lowest BCUT2D eigenvalue weighted by Crippen LogP contribution is -2.15. The lowest BCUT2D eigenvalue weighted by atomic mass is 10.1. The summed E-state index contributed by atoms with van der Waals surface area (Å²) in [6, 6.07) is 20.9. The first-order valence-corrected chi connectivity index (χ1v) is 11.6. The van der Waals surface area contributed by atoms with Crippen LogP contribution in [0.1, 0.15) is 27.7 Å². The summed E-state index contributed by atoms with van der Waals surface area (Å²) in [5, 5.41) is 0. The van der Waals surface area contributed by atoms with Gasteiger partial charge in [-0.25, -0.2) is 9.59 Å². The number of nitrogens with zero attached hydrogens (tertiary/aromatic N) is 1. The number of esters is 3. The van der Waals surface area contributed by atoms with E-state index in [1.807, 2.05) is 23.1 Å². The van der Waals surface area contributed by atoms with Gasteiger partial charge in [0.25, 0.3) is 0 Å². The van der Waals surface area contributed by atoms with Gasteiger partial charge < -0.3 is 19.1 Å². The van der Waals surface area contributed by atoms with Crippen LogP contribution in [0.2, 0.25) is 0 Å². The Morgan fingerprint density at radius 1 is 0.649 bits per heavy atom. The molecule has 0 aliphatic rings. The van der Waals surface area contributed by atoms with Crippen LogP contribution in [0.15, 0.2) is 97.1 Å². The maximum absolute atomic E-state index is 12.2. The molecule has 0 saturated heterocycles. The van der Waals surface area contributed by atoms with Crippen molar-refractivity contribution in [3.8, 4) is 17.2 Å². The number of benzene rings is 3. The van der Waals surface area contributed by atoms with Gasteiger partial charge in [-0.2, -0.15) is 0 Å². The molecule has 0 amide bonds. The van der Waals surface area contributed by atoms with Crippen molar-refractivity contribution in [3.05, 3.63) is 97.1 Å². The highest BCUT2D eigenvalue weighted by Crippen LogP contribution is 2.38. The zero-order valence-electron chi connectivity index (χ0n) is 21.3. The standard InChI is InChI=1S/C30H29NO6/c1-19(2)28(32)35-25-13-7-10-22(16-25)31(23-11-8-14-26(17-23)36-29(33)20(3)4)24-12-9-15-27(18-24)37-30(34)21(5)6/h7-18,21H,1,3H2,2,4-6H3. The summed E-state index contributed by atoms with van der Waals surface area (Å²) in [5.41, 5.74) is 2.48. The van der Waals surface area contributed by atoms with Crippen LogP contribution in [0, 0.1) is 5.92 Å². The van der Waals surface area contributed by atoms with Crippen molar-refractivity contribution in [2.45, 2.75) is 27.7 Å². The van der Waals surface area contributed by atoms with Gasteiger partial charge in [-0.15, -0.1) is 0 Å². The minimum absolute atomic E-state index is 0.272. The van der Waals surface area contributed by atoms with E-state index in [0.717, 1.165) is 0 Å². The van der Waals surface area contributed by atoms with Gasteiger partial charge in [0.2, 0.25) is 0 Å². The van der Waals surface area contributed by atoms with Crippen LogP contribution in [0.3, 0.4) is 0 Å². The van der Waals surface area contributed by atoms with Gasteiger partial charge >= 0.3 is 17.9 Å². The Hall–Kier alpha value is -4.65. The van der Waals surface area contributed by atoms with Crippen molar-refractivity contribution in [2.24, 2.45) is 5.92 Å². The molecule has 0 N–H and O–H groups in total. The molecule has 0 aromatic heterocycles. The normalized spacial score (nSPS) is 10.4. The lowest BCUT2D eigenvalue weighted by Gasteiger charge is -2.26. The van der Waals surface area contributed by atoms with Gasteiger partial charge in [0.1, 0.15) is 17.2 Å². The van der Waals surface area contributed by atoms with Crippen molar-refractivity contribution < 1.29 is 28.6 Å². The van der Waals surface area contributed by atoms with E-state index in [4.69, 9.17) is 14.2 Å². The molecule has 7 heteroatoms. The van der Waals surface area contributed by atoms with Crippen LogP contribution in [0.25, 0.3) is 0 Å². The first-order valence-electron chi connectivity index (χ1n) is 11.6. The molecular formula is C30H29NO6. The summed E-state index contributed by atoms with van der Waals surface area (Å²) in [7, 11) is 0. The molecule has 37 heavy (non-hydrogen) atoms. The molecule has 0 spiro atoms. The number of hydrogen-bond donors (Lipinski definition) is 0. The number of ether oxygens (including phenoxy) is 3. The molecule has 0 atom stereocenters. The van der Waals surface area contributed by atoms with Gasteiger partial charge in [0, 0.05) is 46.4 Å². The van der Waals surface area contributed by atoms with Crippen LogP contribution < -0.4 is 19.1 Å². The second kappa shape index (κ2) is 11.9. The number of rotatable bonds is 9. The molecule has 0 radical (unpaired) electrons. The Labute approximate surface area is 216 Å². The predicted molar refractivity (Wildman–Crippen MR) is 142 cm³/mol. The number of carbonyl (C=O) groups is 3. The highest BCUT2D eigenvalue weighted by molar-refractivity contribution is 5.90. The molecule has 3 aromatic carbocycles. The maximum atomic E-state index is 12.2. The molecule has 0 heterocycles.